The van der Waals surface area contributed by atoms with E-state index in [4.69, 9.17) is 26.8 Å². The normalized spacial score (nSPS) is 10.8. The molecule has 0 atom stereocenters. The van der Waals surface area contributed by atoms with Gasteiger partial charge in [0.15, 0.2) is 11.6 Å². The van der Waals surface area contributed by atoms with E-state index in [1.807, 2.05) is 73.6 Å². The Bertz CT molecular complexity index is 2780. The first-order chi connectivity index (χ1) is 34.6. The Hall–Kier alpha value is -7.02. The SMILES string of the molecule is Cc1ccc(C)c(OCCCC(C)(C)C(=O)CCC(=O)c2ccc(N)cc2)c1.Cc1ccc(C)c(OCCCC(C)(C)C(=O)CCC(=O)c2ccc(NC(=O)c3cccnc3)cc2)c1.Cl.O=C(Cl)c1cccnc1. The number of hydrogen-bond donors (Lipinski definition) is 2. The van der Waals surface area contributed by atoms with Gasteiger partial charge in [0.1, 0.15) is 23.1 Å². The summed E-state index contributed by atoms with van der Waals surface area (Å²) in [5.41, 5.74) is 12.4. The highest BCUT2D eigenvalue weighted by Crippen LogP contribution is 2.29. The van der Waals surface area contributed by atoms with Gasteiger partial charge in [-0.05, 0) is 172 Å². The quantitative estimate of drug-likeness (QED) is 0.0269. The number of rotatable bonds is 23. The Morgan fingerprint density at radius 2 is 0.973 bits per heavy atom. The summed E-state index contributed by atoms with van der Waals surface area (Å²) >= 11 is 5.12. The Balaban J connectivity index is 0.000000336. The Labute approximate surface area is 447 Å². The Morgan fingerprint density at radius 1 is 0.554 bits per heavy atom. The fourth-order valence-corrected chi connectivity index (χ4v) is 7.52. The highest BCUT2D eigenvalue weighted by molar-refractivity contribution is 6.67. The van der Waals surface area contributed by atoms with Gasteiger partial charge in [-0.1, -0.05) is 52.0 Å². The van der Waals surface area contributed by atoms with Crippen molar-refractivity contribution in [1.82, 2.24) is 9.97 Å². The van der Waals surface area contributed by atoms with Crippen LogP contribution in [0, 0.1) is 38.5 Å². The molecule has 0 aliphatic rings. The van der Waals surface area contributed by atoms with Crippen LogP contribution in [-0.4, -0.2) is 57.5 Å². The zero-order chi connectivity index (χ0) is 53.6. The first-order valence-electron chi connectivity index (χ1n) is 24.4. The van der Waals surface area contributed by atoms with Gasteiger partial charge in [0.25, 0.3) is 11.1 Å². The number of nitrogens with zero attached hydrogens (tertiary/aromatic N) is 2. The predicted molar refractivity (Wildman–Crippen MR) is 297 cm³/mol. The molecule has 74 heavy (non-hydrogen) atoms. The molecule has 0 saturated heterocycles. The van der Waals surface area contributed by atoms with Gasteiger partial charge in [-0.25, -0.2) is 0 Å². The molecule has 0 saturated carbocycles. The van der Waals surface area contributed by atoms with Crippen LogP contribution in [0.25, 0.3) is 0 Å². The molecule has 14 heteroatoms. The van der Waals surface area contributed by atoms with E-state index in [0.717, 1.165) is 47.5 Å². The van der Waals surface area contributed by atoms with Gasteiger partial charge in [0.05, 0.1) is 24.3 Å². The van der Waals surface area contributed by atoms with E-state index < -0.39 is 16.1 Å². The third-order valence-electron chi connectivity index (χ3n) is 12.3. The monoisotopic (exact) mass is 1040 g/mol. The van der Waals surface area contributed by atoms with Gasteiger partial charge in [0.2, 0.25) is 0 Å². The molecule has 6 rings (SSSR count). The number of hydrogen-bond acceptors (Lipinski definition) is 11. The lowest BCUT2D eigenvalue weighted by Crippen LogP contribution is -2.25. The summed E-state index contributed by atoms with van der Waals surface area (Å²) in [5, 5.41) is 2.31. The summed E-state index contributed by atoms with van der Waals surface area (Å²) < 4.78 is 11.8. The third kappa shape index (κ3) is 20.8. The average molecular weight is 1050 g/mol. The van der Waals surface area contributed by atoms with Gasteiger partial charge in [-0.2, -0.15) is 0 Å². The van der Waals surface area contributed by atoms with E-state index in [0.29, 0.717) is 53.3 Å². The van der Waals surface area contributed by atoms with Gasteiger partial charge >= 0.3 is 0 Å². The number of pyridine rings is 2. The smallest absolute Gasteiger partial charge is 0.257 e. The van der Waals surface area contributed by atoms with Crippen molar-refractivity contribution >= 4 is 69.7 Å². The number of halogens is 2. The lowest BCUT2D eigenvalue weighted by Gasteiger charge is -2.23. The molecule has 4 aromatic carbocycles. The first kappa shape index (κ1) is 61.3. The highest BCUT2D eigenvalue weighted by Gasteiger charge is 2.28. The summed E-state index contributed by atoms with van der Waals surface area (Å²) in [6, 6.07) is 32.4. The van der Waals surface area contributed by atoms with E-state index in [-0.39, 0.29) is 67.1 Å². The first-order valence-corrected chi connectivity index (χ1v) is 24.8. The Morgan fingerprint density at radius 3 is 1.36 bits per heavy atom. The number of carbonyl (C=O) groups excluding carboxylic acids is 6. The largest absolute Gasteiger partial charge is 0.493 e. The van der Waals surface area contributed by atoms with Crippen molar-refractivity contribution in [2.24, 2.45) is 10.8 Å². The molecular formula is C60H70Cl2N4O8. The highest BCUT2D eigenvalue weighted by atomic mass is 35.5. The van der Waals surface area contributed by atoms with Crippen LogP contribution in [0.2, 0.25) is 0 Å². The number of Topliss-reactive ketones (excluding diaryl/α,β-unsaturated/α-hetero) is 4. The van der Waals surface area contributed by atoms with Crippen LogP contribution in [0.5, 0.6) is 11.5 Å². The maximum atomic E-state index is 12.8. The van der Waals surface area contributed by atoms with Gasteiger partial charge < -0.3 is 20.5 Å². The van der Waals surface area contributed by atoms with Gasteiger partial charge in [-0.3, -0.25) is 38.7 Å². The zero-order valence-corrected chi connectivity index (χ0v) is 45.4. The molecule has 0 aliphatic heterocycles. The van der Waals surface area contributed by atoms with Crippen molar-refractivity contribution in [3.05, 3.63) is 178 Å². The molecule has 0 aliphatic carbocycles. The summed E-state index contributed by atoms with van der Waals surface area (Å²) in [6.07, 6.45) is 9.91. The van der Waals surface area contributed by atoms with Crippen molar-refractivity contribution in [3.8, 4) is 11.5 Å². The van der Waals surface area contributed by atoms with E-state index in [1.54, 1.807) is 85.2 Å². The van der Waals surface area contributed by atoms with Crippen LogP contribution in [0.4, 0.5) is 11.4 Å². The summed E-state index contributed by atoms with van der Waals surface area (Å²) in [4.78, 5) is 80.6. The lowest BCUT2D eigenvalue weighted by molar-refractivity contribution is -0.128. The number of aryl methyl sites for hydroxylation is 4. The third-order valence-corrected chi connectivity index (χ3v) is 12.5. The predicted octanol–water partition coefficient (Wildman–Crippen LogP) is 13.6. The minimum atomic E-state index is -0.522. The van der Waals surface area contributed by atoms with Crippen LogP contribution in [0.1, 0.15) is 143 Å². The molecule has 0 spiro atoms. The molecule has 2 heterocycles. The molecule has 0 bridgehead atoms. The minimum Gasteiger partial charge on any atom is -0.493 e. The number of carbonyl (C=O) groups is 6. The van der Waals surface area contributed by atoms with Crippen LogP contribution >= 0.6 is 24.0 Å². The number of ketones is 4. The second-order valence-electron chi connectivity index (χ2n) is 19.3. The number of anilines is 2. The standard InChI is InChI=1S/C30H34N2O4.C24H31NO3.C6H4ClNO.ClH/c1-21-8-9-22(2)27(19-21)36-18-6-16-30(3,4)28(34)15-14-26(33)23-10-12-25(13-11-23)32-29(35)24-7-5-17-31-20-24;1-17-6-7-18(2)22(16-17)28-15-5-14-24(3,4)23(27)13-12-21(26)19-8-10-20(25)11-9-19;7-6(9)5-2-1-3-8-4-5;/h5,7-13,17,19-20H,6,14-16,18H2,1-4H3,(H,32,35);6-11,16H,5,12-15,25H2,1-4H3;1-4H;1H. The summed E-state index contributed by atoms with van der Waals surface area (Å²) in [7, 11) is 0. The number of nitrogens with one attached hydrogen (secondary N) is 1. The van der Waals surface area contributed by atoms with E-state index in [2.05, 4.69) is 33.5 Å². The molecule has 1 amide bonds. The molecule has 12 nitrogen and oxygen atoms in total. The number of amides is 1. The van der Waals surface area contributed by atoms with Crippen LogP contribution in [0.15, 0.2) is 134 Å². The van der Waals surface area contributed by atoms with Gasteiger partial charge in [0, 0.05) is 83.8 Å². The molecule has 0 radical (unpaired) electrons. The topological polar surface area (TPSA) is 185 Å². The average Bonchev–Trinajstić information content (AvgIpc) is 3.38. The molecule has 0 unspecified atom stereocenters. The Kier molecular flexibility index (Phi) is 25.0. The fraction of sp³-hybridized carbons (Fsp3) is 0.333. The van der Waals surface area contributed by atoms with Crippen molar-refractivity contribution in [2.45, 2.75) is 107 Å². The number of nitrogens with two attached hydrogens (primary N) is 1. The number of nitrogen functional groups attached to an aromatic ring is 1. The zero-order valence-electron chi connectivity index (χ0n) is 43.8. The molecule has 2 aromatic heterocycles. The van der Waals surface area contributed by atoms with Crippen LogP contribution < -0.4 is 20.5 Å². The number of benzene rings is 4. The van der Waals surface area contributed by atoms with Crippen molar-refractivity contribution in [2.75, 3.05) is 24.3 Å². The van der Waals surface area contributed by atoms with E-state index >= 15 is 0 Å². The maximum absolute atomic E-state index is 12.8. The van der Waals surface area contributed by atoms with Crippen LogP contribution in [0.3, 0.4) is 0 Å². The number of ether oxygens (including phenoxy) is 2. The van der Waals surface area contributed by atoms with Gasteiger partial charge in [-0.15, -0.1) is 12.4 Å². The summed E-state index contributed by atoms with van der Waals surface area (Å²) in [5.74, 6) is 1.58. The minimum absolute atomic E-state index is 0. The molecule has 6 aromatic rings. The second-order valence-corrected chi connectivity index (χ2v) is 19.7. The van der Waals surface area contributed by atoms with Crippen LogP contribution in [-0.2, 0) is 9.59 Å². The molecule has 0 fully saturated rings. The molecule has 392 valence electrons. The number of aromatic nitrogens is 2. The summed E-state index contributed by atoms with van der Waals surface area (Å²) in [6.45, 7) is 17.0. The fourth-order valence-electron chi connectivity index (χ4n) is 7.40. The van der Waals surface area contributed by atoms with E-state index in [1.165, 1.54) is 18.0 Å². The van der Waals surface area contributed by atoms with Crippen molar-refractivity contribution in [1.29, 1.82) is 0 Å². The second kappa shape index (κ2) is 30.2. The van der Waals surface area contributed by atoms with E-state index in [9.17, 15) is 28.8 Å². The molecule has 3 N–H and O–H groups in total. The molecular weight excluding hydrogens is 976 g/mol. The van der Waals surface area contributed by atoms with Crippen molar-refractivity contribution < 1.29 is 38.2 Å². The van der Waals surface area contributed by atoms with Crippen molar-refractivity contribution in [3.63, 3.8) is 0 Å². The lowest BCUT2D eigenvalue weighted by atomic mass is 9.81. The maximum Gasteiger partial charge on any atom is 0.257 e.